The summed E-state index contributed by atoms with van der Waals surface area (Å²) in [5.74, 6) is 0.319. The molecule has 0 saturated carbocycles. The molecule has 1 fully saturated rings. The van der Waals surface area contributed by atoms with Gasteiger partial charge < -0.3 is 15.2 Å². The number of nitrogens with one attached hydrogen (secondary N) is 2. The SMILES string of the molecule is CC(C)CCN1C[C@H](C(=O)Nc2ccc3cc[nH]c3c2)CC1=O. The molecule has 5 heteroatoms. The van der Waals surface area contributed by atoms with Gasteiger partial charge >= 0.3 is 0 Å². The van der Waals surface area contributed by atoms with Crippen LogP contribution in [0.25, 0.3) is 10.9 Å². The van der Waals surface area contributed by atoms with Gasteiger partial charge in [-0.3, -0.25) is 9.59 Å². The van der Waals surface area contributed by atoms with Crippen LogP contribution in [0.2, 0.25) is 0 Å². The lowest BCUT2D eigenvalue weighted by Crippen LogP contribution is -2.29. The topological polar surface area (TPSA) is 65.2 Å². The molecule has 1 aliphatic rings. The van der Waals surface area contributed by atoms with Gasteiger partial charge in [-0.05, 0) is 35.9 Å². The number of carbonyl (C=O) groups is 2. The number of carbonyl (C=O) groups excluding carboxylic acids is 2. The van der Waals surface area contributed by atoms with Crippen molar-refractivity contribution in [3.63, 3.8) is 0 Å². The molecule has 1 aromatic carbocycles. The van der Waals surface area contributed by atoms with Crippen molar-refractivity contribution in [2.24, 2.45) is 11.8 Å². The van der Waals surface area contributed by atoms with E-state index in [0.717, 1.165) is 29.6 Å². The number of amides is 2. The van der Waals surface area contributed by atoms with Crippen LogP contribution in [-0.4, -0.2) is 34.8 Å². The lowest BCUT2D eigenvalue weighted by Gasteiger charge is -2.17. The van der Waals surface area contributed by atoms with Crippen LogP contribution in [0, 0.1) is 11.8 Å². The molecule has 2 heterocycles. The van der Waals surface area contributed by atoms with Gasteiger partial charge in [0.05, 0.1) is 5.92 Å². The fourth-order valence-corrected chi connectivity index (χ4v) is 2.95. The molecule has 1 aromatic heterocycles. The highest BCUT2D eigenvalue weighted by molar-refractivity contribution is 5.98. The van der Waals surface area contributed by atoms with Gasteiger partial charge in [0.2, 0.25) is 11.8 Å². The Morgan fingerprint density at radius 1 is 1.39 bits per heavy atom. The highest BCUT2D eigenvalue weighted by atomic mass is 16.2. The summed E-state index contributed by atoms with van der Waals surface area (Å²) in [5, 5.41) is 4.04. The fourth-order valence-electron chi connectivity index (χ4n) is 2.95. The molecule has 0 radical (unpaired) electrons. The average Bonchev–Trinajstić information content (AvgIpc) is 3.11. The van der Waals surface area contributed by atoms with Gasteiger partial charge in [-0.2, -0.15) is 0 Å². The van der Waals surface area contributed by atoms with Gasteiger partial charge in [0.15, 0.2) is 0 Å². The molecule has 2 amide bonds. The lowest BCUT2D eigenvalue weighted by molar-refractivity contribution is -0.128. The number of nitrogens with zero attached hydrogens (tertiary/aromatic N) is 1. The van der Waals surface area contributed by atoms with Crippen LogP contribution in [0.15, 0.2) is 30.5 Å². The first-order chi connectivity index (χ1) is 11.0. The molecule has 5 nitrogen and oxygen atoms in total. The van der Waals surface area contributed by atoms with Crippen molar-refractivity contribution >= 4 is 28.4 Å². The number of fused-ring (bicyclic) bond motifs is 1. The Balaban J connectivity index is 1.61. The molecule has 23 heavy (non-hydrogen) atoms. The monoisotopic (exact) mass is 313 g/mol. The number of likely N-dealkylation sites (tertiary alicyclic amines) is 1. The van der Waals surface area contributed by atoms with E-state index in [2.05, 4.69) is 24.1 Å². The van der Waals surface area contributed by atoms with Gasteiger partial charge in [-0.15, -0.1) is 0 Å². The summed E-state index contributed by atoms with van der Waals surface area (Å²) in [5.41, 5.74) is 1.75. The van der Waals surface area contributed by atoms with Crippen LogP contribution < -0.4 is 5.32 Å². The molecule has 0 bridgehead atoms. The Bertz CT molecular complexity index is 720. The van der Waals surface area contributed by atoms with E-state index in [1.165, 1.54) is 0 Å². The highest BCUT2D eigenvalue weighted by Gasteiger charge is 2.34. The molecule has 1 aliphatic heterocycles. The predicted molar refractivity (Wildman–Crippen MR) is 91.1 cm³/mol. The second-order valence-electron chi connectivity index (χ2n) is 6.69. The zero-order valence-corrected chi connectivity index (χ0v) is 13.6. The number of hydrogen-bond acceptors (Lipinski definition) is 2. The Morgan fingerprint density at radius 2 is 2.22 bits per heavy atom. The zero-order valence-electron chi connectivity index (χ0n) is 13.6. The summed E-state index contributed by atoms with van der Waals surface area (Å²) in [6.07, 6.45) is 3.16. The molecule has 122 valence electrons. The predicted octanol–water partition coefficient (Wildman–Crippen LogP) is 3.00. The number of hydrogen-bond donors (Lipinski definition) is 2. The minimum atomic E-state index is -0.256. The van der Waals surface area contributed by atoms with Crippen LogP contribution in [0.4, 0.5) is 5.69 Å². The first kappa shape index (κ1) is 15.6. The summed E-state index contributed by atoms with van der Waals surface area (Å²) in [6, 6.07) is 7.77. The van der Waals surface area contributed by atoms with Crippen molar-refractivity contribution < 1.29 is 9.59 Å². The third-order valence-corrected chi connectivity index (χ3v) is 4.38. The van der Waals surface area contributed by atoms with E-state index in [0.29, 0.717) is 18.9 Å². The van der Waals surface area contributed by atoms with Crippen molar-refractivity contribution in [2.45, 2.75) is 26.7 Å². The third kappa shape index (κ3) is 3.55. The van der Waals surface area contributed by atoms with Crippen molar-refractivity contribution in [1.82, 2.24) is 9.88 Å². The largest absolute Gasteiger partial charge is 0.361 e. The maximum absolute atomic E-state index is 12.4. The standard InChI is InChI=1S/C18H23N3O2/c1-12(2)6-8-21-11-14(9-17(21)22)18(23)20-15-4-3-13-5-7-19-16(13)10-15/h3-5,7,10,12,14,19H,6,8-9,11H2,1-2H3,(H,20,23)/t14-/m1/s1. The normalized spacial score (nSPS) is 18.1. The quantitative estimate of drug-likeness (QED) is 0.891. The Labute approximate surface area is 136 Å². The Morgan fingerprint density at radius 3 is 3.00 bits per heavy atom. The van der Waals surface area contributed by atoms with E-state index >= 15 is 0 Å². The number of benzene rings is 1. The van der Waals surface area contributed by atoms with Crippen LogP contribution in [0.1, 0.15) is 26.7 Å². The van der Waals surface area contributed by atoms with Crippen LogP contribution in [0.3, 0.4) is 0 Å². The smallest absolute Gasteiger partial charge is 0.229 e. The number of H-pyrrole nitrogens is 1. The summed E-state index contributed by atoms with van der Waals surface area (Å²) >= 11 is 0. The lowest BCUT2D eigenvalue weighted by atomic mass is 10.1. The minimum absolute atomic E-state index is 0.0729. The first-order valence-electron chi connectivity index (χ1n) is 8.18. The van der Waals surface area contributed by atoms with Crippen LogP contribution in [0.5, 0.6) is 0 Å². The molecule has 0 aliphatic carbocycles. The van der Waals surface area contributed by atoms with Gasteiger partial charge in [-0.1, -0.05) is 19.9 Å². The maximum Gasteiger partial charge on any atom is 0.229 e. The number of aromatic nitrogens is 1. The van der Waals surface area contributed by atoms with E-state index in [9.17, 15) is 9.59 Å². The molecule has 1 saturated heterocycles. The first-order valence-corrected chi connectivity index (χ1v) is 8.18. The molecule has 1 atom stereocenters. The zero-order chi connectivity index (χ0) is 16.4. The summed E-state index contributed by atoms with van der Waals surface area (Å²) in [7, 11) is 0. The van der Waals surface area contributed by atoms with Crippen molar-refractivity contribution in [1.29, 1.82) is 0 Å². The fraction of sp³-hybridized carbons (Fsp3) is 0.444. The van der Waals surface area contributed by atoms with Gasteiger partial charge in [0.25, 0.3) is 0 Å². The second-order valence-corrected chi connectivity index (χ2v) is 6.69. The van der Waals surface area contributed by atoms with Crippen LogP contribution >= 0.6 is 0 Å². The molecule has 2 N–H and O–H groups in total. The van der Waals surface area contributed by atoms with E-state index < -0.39 is 0 Å². The van der Waals surface area contributed by atoms with Gasteiger partial charge in [0.1, 0.15) is 0 Å². The van der Waals surface area contributed by atoms with Crippen LogP contribution in [-0.2, 0) is 9.59 Å². The Hall–Kier alpha value is -2.30. The third-order valence-electron chi connectivity index (χ3n) is 4.38. The molecule has 3 rings (SSSR count). The second kappa shape index (κ2) is 6.44. The molecule has 0 unspecified atom stereocenters. The van der Waals surface area contributed by atoms with E-state index in [-0.39, 0.29) is 17.7 Å². The summed E-state index contributed by atoms with van der Waals surface area (Å²) < 4.78 is 0. The Kier molecular flexibility index (Phi) is 4.37. The van der Waals surface area contributed by atoms with Gasteiger partial charge in [-0.25, -0.2) is 0 Å². The van der Waals surface area contributed by atoms with E-state index in [1.807, 2.05) is 35.4 Å². The van der Waals surface area contributed by atoms with Gasteiger partial charge in [0, 0.05) is 36.9 Å². The molecular formula is C18H23N3O2. The van der Waals surface area contributed by atoms with Crippen molar-refractivity contribution in [3.8, 4) is 0 Å². The maximum atomic E-state index is 12.4. The average molecular weight is 313 g/mol. The number of aromatic amines is 1. The van der Waals surface area contributed by atoms with E-state index in [1.54, 1.807) is 0 Å². The van der Waals surface area contributed by atoms with E-state index in [4.69, 9.17) is 0 Å². The molecular weight excluding hydrogens is 290 g/mol. The molecule has 0 spiro atoms. The summed E-state index contributed by atoms with van der Waals surface area (Å²) in [6.45, 7) is 5.56. The van der Waals surface area contributed by atoms with Crippen molar-refractivity contribution in [2.75, 3.05) is 18.4 Å². The number of rotatable bonds is 5. The highest BCUT2D eigenvalue weighted by Crippen LogP contribution is 2.22. The minimum Gasteiger partial charge on any atom is -0.361 e. The molecule has 2 aromatic rings. The van der Waals surface area contributed by atoms with Crippen molar-refractivity contribution in [3.05, 3.63) is 30.5 Å². The number of anilines is 1. The summed E-state index contributed by atoms with van der Waals surface area (Å²) in [4.78, 5) is 29.4.